The van der Waals surface area contributed by atoms with Crippen molar-refractivity contribution in [1.29, 1.82) is 0 Å². The molecule has 0 saturated carbocycles. The number of aromatic nitrogens is 1. The van der Waals surface area contributed by atoms with E-state index >= 15 is 0 Å². The van der Waals surface area contributed by atoms with E-state index in [9.17, 15) is 0 Å². The predicted octanol–water partition coefficient (Wildman–Crippen LogP) is 4.99. The van der Waals surface area contributed by atoms with Gasteiger partial charge in [0.2, 0.25) is 0 Å². The van der Waals surface area contributed by atoms with Gasteiger partial charge in [-0.05, 0) is 49.8 Å². The fourth-order valence-corrected chi connectivity index (χ4v) is 4.58. The molecule has 1 aromatic heterocycles. The third-order valence-electron chi connectivity index (χ3n) is 3.47. The first-order valence-electron chi connectivity index (χ1n) is 6.74. The highest BCUT2D eigenvalue weighted by Gasteiger charge is 2.23. The Morgan fingerprint density at radius 3 is 3.05 bits per heavy atom. The second-order valence-corrected chi connectivity index (χ2v) is 7.55. The Bertz CT molecular complexity index is 612. The molecule has 2 unspecified atom stereocenters. The lowest BCUT2D eigenvalue weighted by molar-refractivity contribution is 0.449. The summed E-state index contributed by atoms with van der Waals surface area (Å²) in [5.41, 5.74) is 2.43. The minimum absolute atomic E-state index is 0.272. The molecule has 2 atom stereocenters. The van der Waals surface area contributed by atoms with Crippen molar-refractivity contribution in [3.63, 3.8) is 0 Å². The van der Waals surface area contributed by atoms with E-state index in [4.69, 9.17) is 11.6 Å². The van der Waals surface area contributed by atoms with Gasteiger partial charge in [-0.15, -0.1) is 23.1 Å². The Hall–Kier alpha value is -0.550. The lowest BCUT2D eigenvalue weighted by Crippen LogP contribution is -2.27. The molecular weight excluding hydrogens is 308 g/mol. The molecule has 0 fully saturated rings. The zero-order chi connectivity index (χ0) is 14.1. The predicted molar refractivity (Wildman–Crippen MR) is 87.9 cm³/mol. The van der Waals surface area contributed by atoms with Crippen molar-refractivity contribution in [2.45, 2.75) is 37.2 Å². The molecule has 1 N–H and O–H groups in total. The van der Waals surface area contributed by atoms with Crippen LogP contribution in [0.4, 0.5) is 0 Å². The number of benzene rings is 1. The molecule has 0 amide bonds. The van der Waals surface area contributed by atoms with E-state index < -0.39 is 0 Å². The van der Waals surface area contributed by atoms with Gasteiger partial charge < -0.3 is 5.32 Å². The maximum Gasteiger partial charge on any atom is 0.110 e. The summed E-state index contributed by atoms with van der Waals surface area (Å²) in [7, 11) is 0. The Kier molecular flexibility index (Phi) is 4.36. The number of fused-ring (bicyclic) bond motifs is 1. The van der Waals surface area contributed by atoms with Crippen molar-refractivity contribution in [1.82, 2.24) is 10.3 Å². The minimum Gasteiger partial charge on any atom is -0.301 e. The van der Waals surface area contributed by atoms with Crippen LogP contribution < -0.4 is 5.32 Å². The molecule has 0 spiro atoms. The number of aryl methyl sites for hydroxylation is 1. The van der Waals surface area contributed by atoms with Crippen LogP contribution in [-0.2, 0) is 0 Å². The van der Waals surface area contributed by atoms with Crippen LogP contribution in [0.5, 0.6) is 0 Å². The number of thioether (sulfide) groups is 1. The Balaban J connectivity index is 1.80. The van der Waals surface area contributed by atoms with Crippen molar-refractivity contribution < 1.29 is 0 Å². The van der Waals surface area contributed by atoms with Crippen LogP contribution in [-0.4, -0.2) is 10.7 Å². The molecule has 0 radical (unpaired) electrons. The highest BCUT2D eigenvalue weighted by molar-refractivity contribution is 7.99. The van der Waals surface area contributed by atoms with E-state index in [1.165, 1.54) is 10.5 Å². The molecule has 1 aromatic carbocycles. The van der Waals surface area contributed by atoms with Crippen molar-refractivity contribution in [3.05, 3.63) is 44.9 Å². The molecular formula is C15H17ClN2S2. The quantitative estimate of drug-likeness (QED) is 0.860. The van der Waals surface area contributed by atoms with Crippen LogP contribution in [0.25, 0.3) is 0 Å². The third kappa shape index (κ3) is 3.03. The molecule has 3 rings (SSSR count). The first kappa shape index (κ1) is 14.4. The lowest BCUT2D eigenvalue weighted by Gasteiger charge is -2.28. The average molecular weight is 325 g/mol. The van der Waals surface area contributed by atoms with Crippen LogP contribution in [0.1, 0.15) is 41.7 Å². The smallest absolute Gasteiger partial charge is 0.110 e. The molecule has 20 heavy (non-hydrogen) atoms. The maximum atomic E-state index is 6.15. The van der Waals surface area contributed by atoms with Crippen molar-refractivity contribution in [3.8, 4) is 0 Å². The zero-order valence-electron chi connectivity index (χ0n) is 11.5. The van der Waals surface area contributed by atoms with Gasteiger partial charge in [-0.2, -0.15) is 0 Å². The van der Waals surface area contributed by atoms with Crippen molar-refractivity contribution in [2.24, 2.45) is 0 Å². The van der Waals surface area contributed by atoms with Crippen LogP contribution in [0, 0.1) is 6.92 Å². The summed E-state index contributed by atoms with van der Waals surface area (Å²) in [5.74, 6) is 1.15. The summed E-state index contributed by atoms with van der Waals surface area (Å²) in [6, 6.07) is 6.84. The Morgan fingerprint density at radius 1 is 1.45 bits per heavy atom. The summed E-state index contributed by atoms with van der Waals surface area (Å²) >= 11 is 9.79. The van der Waals surface area contributed by atoms with Gasteiger partial charge in [-0.1, -0.05) is 11.6 Å². The van der Waals surface area contributed by atoms with E-state index in [1.807, 2.05) is 24.8 Å². The van der Waals surface area contributed by atoms with E-state index in [2.05, 4.69) is 34.7 Å². The van der Waals surface area contributed by atoms with Crippen LogP contribution in [0.2, 0.25) is 5.02 Å². The topological polar surface area (TPSA) is 24.9 Å². The molecule has 2 aromatic rings. The minimum atomic E-state index is 0.272. The maximum absolute atomic E-state index is 6.15. The zero-order valence-corrected chi connectivity index (χ0v) is 13.9. The Labute approximate surface area is 133 Å². The van der Waals surface area contributed by atoms with E-state index in [0.717, 1.165) is 27.9 Å². The van der Waals surface area contributed by atoms with Gasteiger partial charge in [-0.3, -0.25) is 0 Å². The number of rotatable bonds is 3. The number of nitrogens with one attached hydrogen (secondary N) is 1. The summed E-state index contributed by atoms with van der Waals surface area (Å²) in [4.78, 5) is 5.92. The van der Waals surface area contributed by atoms with Gasteiger partial charge in [0, 0.05) is 27.0 Å². The SMILES string of the molecule is Cc1csc(C(C)NC2CCSc3ccc(Cl)cc32)n1. The van der Waals surface area contributed by atoms with Crippen molar-refractivity contribution >= 4 is 34.7 Å². The van der Waals surface area contributed by atoms with Crippen LogP contribution in [0.3, 0.4) is 0 Å². The Morgan fingerprint density at radius 2 is 2.30 bits per heavy atom. The summed E-state index contributed by atoms with van der Waals surface area (Å²) < 4.78 is 0. The van der Waals surface area contributed by atoms with E-state index in [-0.39, 0.29) is 6.04 Å². The number of thiazole rings is 1. The molecule has 2 nitrogen and oxygen atoms in total. The molecule has 106 valence electrons. The molecule has 1 aliphatic heterocycles. The van der Waals surface area contributed by atoms with Gasteiger partial charge in [0.25, 0.3) is 0 Å². The van der Waals surface area contributed by atoms with E-state index in [0.29, 0.717) is 6.04 Å². The number of hydrogen-bond donors (Lipinski definition) is 1. The molecule has 5 heteroatoms. The van der Waals surface area contributed by atoms with Gasteiger partial charge in [0.05, 0.1) is 6.04 Å². The summed E-state index contributed by atoms with van der Waals surface area (Å²) in [6.45, 7) is 4.23. The fourth-order valence-electron chi connectivity index (χ4n) is 2.48. The average Bonchev–Trinajstić information content (AvgIpc) is 2.86. The normalized spacial score (nSPS) is 19.6. The second-order valence-electron chi connectivity index (χ2n) is 5.09. The van der Waals surface area contributed by atoms with Gasteiger partial charge in [0.1, 0.15) is 5.01 Å². The molecule has 1 aliphatic rings. The monoisotopic (exact) mass is 324 g/mol. The number of hydrogen-bond acceptors (Lipinski definition) is 4. The molecule has 0 aliphatic carbocycles. The number of nitrogens with zero attached hydrogens (tertiary/aromatic N) is 1. The highest BCUT2D eigenvalue weighted by atomic mass is 35.5. The first-order chi connectivity index (χ1) is 9.63. The number of halogens is 1. The van der Waals surface area contributed by atoms with E-state index in [1.54, 1.807) is 11.3 Å². The van der Waals surface area contributed by atoms with Gasteiger partial charge in [-0.25, -0.2) is 4.98 Å². The molecule has 0 saturated heterocycles. The van der Waals surface area contributed by atoms with Crippen LogP contribution in [0.15, 0.2) is 28.5 Å². The van der Waals surface area contributed by atoms with Crippen molar-refractivity contribution in [2.75, 3.05) is 5.75 Å². The van der Waals surface area contributed by atoms with Crippen LogP contribution >= 0.6 is 34.7 Å². The molecule has 2 heterocycles. The fraction of sp³-hybridized carbons (Fsp3) is 0.400. The summed E-state index contributed by atoms with van der Waals surface area (Å²) in [6.07, 6.45) is 1.13. The summed E-state index contributed by atoms with van der Waals surface area (Å²) in [5, 5.41) is 7.79. The largest absolute Gasteiger partial charge is 0.301 e. The second kappa shape index (κ2) is 6.06. The highest BCUT2D eigenvalue weighted by Crippen LogP contribution is 2.38. The lowest BCUT2D eigenvalue weighted by atomic mass is 10.0. The third-order valence-corrected chi connectivity index (χ3v) is 5.97. The first-order valence-corrected chi connectivity index (χ1v) is 8.98. The van der Waals surface area contributed by atoms with Gasteiger partial charge >= 0.3 is 0 Å². The van der Waals surface area contributed by atoms with Gasteiger partial charge in [0.15, 0.2) is 0 Å². The standard InChI is InChI=1S/C15H17ClN2S2/c1-9-8-20-15(17-9)10(2)18-13-5-6-19-14-4-3-11(16)7-12(13)14/h3-4,7-8,10,13,18H,5-6H2,1-2H3. The molecule has 0 bridgehead atoms.